The number of carbonyl (C=O) groups excluding carboxylic acids is 1. The molecule has 2 aliphatic rings. The lowest BCUT2D eigenvalue weighted by Gasteiger charge is -2.30. The standard InChI is InChI=1S/C14H19N3O2/c15-14(5-8-19-10-14)13(18)17(12-1-2-12)9-11-3-6-16-7-4-11/h3-4,6-7,12H,1-2,5,8-10,15H2. The van der Waals surface area contributed by atoms with E-state index in [0.29, 0.717) is 32.2 Å². The lowest BCUT2D eigenvalue weighted by atomic mass is 9.98. The predicted molar refractivity (Wildman–Crippen MR) is 70.2 cm³/mol. The summed E-state index contributed by atoms with van der Waals surface area (Å²) in [6, 6.07) is 4.23. The van der Waals surface area contributed by atoms with Gasteiger partial charge in [-0.3, -0.25) is 9.78 Å². The molecule has 5 heteroatoms. The molecule has 1 atom stereocenters. The van der Waals surface area contributed by atoms with Crippen molar-refractivity contribution in [2.75, 3.05) is 13.2 Å². The van der Waals surface area contributed by atoms with Crippen LogP contribution in [0.1, 0.15) is 24.8 Å². The molecule has 2 fully saturated rings. The number of carbonyl (C=O) groups is 1. The number of hydrogen-bond donors (Lipinski definition) is 1. The topological polar surface area (TPSA) is 68.5 Å². The number of hydrogen-bond acceptors (Lipinski definition) is 4. The SMILES string of the molecule is NC1(C(=O)N(Cc2ccncc2)C2CC2)CCOC1. The molecule has 1 aliphatic carbocycles. The van der Waals surface area contributed by atoms with Gasteiger partial charge in [0.15, 0.2) is 0 Å². The normalized spacial score (nSPS) is 26.4. The van der Waals surface area contributed by atoms with Gasteiger partial charge in [-0.05, 0) is 37.0 Å². The van der Waals surface area contributed by atoms with Gasteiger partial charge < -0.3 is 15.4 Å². The monoisotopic (exact) mass is 261 g/mol. The van der Waals surface area contributed by atoms with Gasteiger partial charge in [-0.15, -0.1) is 0 Å². The Labute approximate surface area is 112 Å². The van der Waals surface area contributed by atoms with Crippen molar-refractivity contribution in [1.82, 2.24) is 9.88 Å². The van der Waals surface area contributed by atoms with E-state index in [4.69, 9.17) is 10.5 Å². The Morgan fingerprint density at radius 1 is 1.47 bits per heavy atom. The number of rotatable bonds is 4. The molecule has 5 nitrogen and oxygen atoms in total. The molecule has 0 bridgehead atoms. The third kappa shape index (κ3) is 2.62. The fraction of sp³-hybridized carbons (Fsp3) is 0.571. The van der Waals surface area contributed by atoms with Gasteiger partial charge in [-0.25, -0.2) is 0 Å². The molecular formula is C14H19N3O2. The first kappa shape index (κ1) is 12.6. The molecule has 2 heterocycles. The van der Waals surface area contributed by atoms with Gasteiger partial charge >= 0.3 is 0 Å². The van der Waals surface area contributed by atoms with E-state index in [1.807, 2.05) is 17.0 Å². The highest BCUT2D eigenvalue weighted by Gasteiger charge is 2.45. The molecule has 2 N–H and O–H groups in total. The van der Waals surface area contributed by atoms with E-state index in [9.17, 15) is 4.79 Å². The van der Waals surface area contributed by atoms with Gasteiger partial charge in [0.2, 0.25) is 5.91 Å². The molecule has 1 saturated heterocycles. The van der Waals surface area contributed by atoms with Crippen LogP contribution in [0.25, 0.3) is 0 Å². The molecule has 1 unspecified atom stereocenters. The maximum Gasteiger partial charge on any atom is 0.245 e. The van der Waals surface area contributed by atoms with Gasteiger partial charge in [0.1, 0.15) is 5.54 Å². The summed E-state index contributed by atoms with van der Waals surface area (Å²) in [6.45, 7) is 1.53. The van der Waals surface area contributed by atoms with Crippen molar-refractivity contribution in [1.29, 1.82) is 0 Å². The Kier molecular flexibility index (Phi) is 3.24. The summed E-state index contributed by atoms with van der Waals surface area (Å²) in [6.07, 6.45) is 6.27. The van der Waals surface area contributed by atoms with Crippen LogP contribution in [0.3, 0.4) is 0 Å². The van der Waals surface area contributed by atoms with Gasteiger partial charge in [-0.1, -0.05) is 0 Å². The number of nitrogens with zero attached hydrogens (tertiary/aromatic N) is 2. The molecule has 1 saturated carbocycles. The van der Waals surface area contributed by atoms with Crippen LogP contribution >= 0.6 is 0 Å². The average molecular weight is 261 g/mol. The first-order valence-corrected chi connectivity index (χ1v) is 6.76. The zero-order valence-corrected chi connectivity index (χ0v) is 10.9. The third-order valence-corrected chi connectivity index (χ3v) is 3.83. The molecule has 1 aliphatic heterocycles. The second-order valence-electron chi connectivity index (χ2n) is 5.48. The highest BCUT2D eigenvalue weighted by atomic mass is 16.5. The van der Waals surface area contributed by atoms with Crippen molar-refractivity contribution in [2.45, 2.75) is 37.4 Å². The van der Waals surface area contributed by atoms with E-state index in [1.165, 1.54) is 0 Å². The highest BCUT2D eigenvalue weighted by molar-refractivity contribution is 5.87. The molecule has 0 radical (unpaired) electrons. The number of aromatic nitrogens is 1. The van der Waals surface area contributed by atoms with Gasteiger partial charge in [-0.2, -0.15) is 0 Å². The Balaban J connectivity index is 1.76. The third-order valence-electron chi connectivity index (χ3n) is 3.83. The molecule has 3 rings (SSSR count). The van der Waals surface area contributed by atoms with E-state index in [-0.39, 0.29) is 5.91 Å². The van der Waals surface area contributed by atoms with Crippen molar-refractivity contribution < 1.29 is 9.53 Å². The Morgan fingerprint density at radius 2 is 2.21 bits per heavy atom. The second kappa shape index (κ2) is 4.90. The van der Waals surface area contributed by atoms with Crippen LogP contribution in [0.5, 0.6) is 0 Å². The summed E-state index contributed by atoms with van der Waals surface area (Å²) in [4.78, 5) is 18.6. The van der Waals surface area contributed by atoms with Crippen molar-refractivity contribution in [2.24, 2.45) is 5.73 Å². The van der Waals surface area contributed by atoms with Crippen LogP contribution in [0.4, 0.5) is 0 Å². The van der Waals surface area contributed by atoms with E-state index < -0.39 is 5.54 Å². The van der Waals surface area contributed by atoms with E-state index in [2.05, 4.69) is 4.98 Å². The molecule has 1 amide bonds. The minimum absolute atomic E-state index is 0.0318. The summed E-state index contributed by atoms with van der Waals surface area (Å²) in [5.74, 6) is 0.0318. The Morgan fingerprint density at radius 3 is 2.79 bits per heavy atom. The fourth-order valence-electron chi connectivity index (χ4n) is 2.47. The van der Waals surface area contributed by atoms with Crippen LogP contribution in [0, 0.1) is 0 Å². The summed E-state index contributed by atoms with van der Waals surface area (Å²) >= 11 is 0. The Hall–Kier alpha value is -1.46. The zero-order valence-electron chi connectivity index (χ0n) is 10.9. The van der Waals surface area contributed by atoms with Crippen molar-refractivity contribution in [3.8, 4) is 0 Å². The summed E-state index contributed by atoms with van der Waals surface area (Å²) in [5, 5.41) is 0. The summed E-state index contributed by atoms with van der Waals surface area (Å²) < 4.78 is 5.30. The number of ether oxygens (including phenoxy) is 1. The quantitative estimate of drug-likeness (QED) is 0.866. The lowest BCUT2D eigenvalue weighted by Crippen LogP contribution is -2.56. The van der Waals surface area contributed by atoms with E-state index >= 15 is 0 Å². The maximum absolute atomic E-state index is 12.7. The van der Waals surface area contributed by atoms with E-state index in [0.717, 1.165) is 18.4 Å². The van der Waals surface area contributed by atoms with Crippen LogP contribution in [0.2, 0.25) is 0 Å². The van der Waals surface area contributed by atoms with Crippen LogP contribution < -0.4 is 5.73 Å². The van der Waals surface area contributed by atoms with Crippen LogP contribution in [0.15, 0.2) is 24.5 Å². The average Bonchev–Trinajstić information content (AvgIpc) is 3.18. The van der Waals surface area contributed by atoms with Gasteiger partial charge in [0.05, 0.1) is 6.61 Å². The van der Waals surface area contributed by atoms with E-state index in [1.54, 1.807) is 12.4 Å². The van der Waals surface area contributed by atoms with Crippen LogP contribution in [-0.2, 0) is 16.1 Å². The maximum atomic E-state index is 12.7. The summed E-state index contributed by atoms with van der Waals surface area (Å²) in [7, 11) is 0. The molecule has 0 spiro atoms. The second-order valence-corrected chi connectivity index (χ2v) is 5.48. The van der Waals surface area contributed by atoms with Gasteiger partial charge in [0, 0.05) is 31.6 Å². The number of amides is 1. The van der Waals surface area contributed by atoms with Crippen LogP contribution in [-0.4, -0.2) is 40.6 Å². The largest absolute Gasteiger partial charge is 0.379 e. The van der Waals surface area contributed by atoms with Crippen molar-refractivity contribution in [3.05, 3.63) is 30.1 Å². The molecular weight excluding hydrogens is 242 g/mol. The molecule has 102 valence electrons. The molecule has 1 aromatic heterocycles. The predicted octanol–water partition coefficient (Wildman–Crippen LogP) is 0.690. The van der Waals surface area contributed by atoms with Gasteiger partial charge in [0.25, 0.3) is 0 Å². The van der Waals surface area contributed by atoms with Crippen molar-refractivity contribution in [3.63, 3.8) is 0 Å². The first-order valence-electron chi connectivity index (χ1n) is 6.76. The zero-order chi connectivity index (χ0) is 13.3. The number of pyridine rings is 1. The van der Waals surface area contributed by atoms with Crippen molar-refractivity contribution >= 4 is 5.91 Å². The number of nitrogens with two attached hydrogens (primary N) is 1. The highest BCUT2D eigenvalue weighted by Crippen LogP contribution is 2.31. The molecule has 1 aromatic rings. The fourth-order valence-corrected chi connectivity index (χ4v) is 2.47. The molecule has 19 heavy (non-hydrogen) atoms. The summed E-state index contributed by atoms with van der Waals surface area (Å²) in [5.41, 5.74) is 6.47. The smallest absolute Gasteiger partial charge is 0.245 e. The first-order chi connectivity index (χ1) is 9.19. The lowest BCUT2D eigenvalue weighted by molar-refractivity contribution is -0.138. The Bertz CT molecular complexity index is 453. The minimum Gasteiger partial charge on any atom is -0.379 e. The minimum atomic E-state index is -0.824. The molecule has 0 aromatic carbocycles.